The van der Waals surface area contributed by atoms with Gasteiger partial charge in [-0.3, -0.25) is 9.59 Å². The first-order valence-electron chi connectivity index (χ1n) is 12.1. The molecule has 3 amide bonds. The lowest BCUT2D eigenvalue weighted by Crippen LogP contribution is -2.40. The van der Waals surface area contributed by atoms with Crippen LogP contribution in [0, 0.1) is 0 Å². The zero-order chi connectivity index (χ0) is 25.4. The number of anilines is 1. The van der Waals surface area contributed by atoms with Crippen LogP contribution in [-0.2, 0) is 14.3 Å². The number of phenolic OH excluding ortho intramolecular Hbond substituents is 1. The molecule has 0 radical (unpaired) electrons. The Balaban J connectivity index is 1.81. The van der Waals surface area contributed by atoms with Crippen LogP contribution < -0.4 is 16.0 Å². The Morgan fingerprint density at radius 3 is 2.43 bits per heavy atom. The van der Waals surface area contributed by atoms with Gasteiger partial charge in [0.1, 0.15) is 17.9 Å². The van der Waals surface area contributed by atoms with Gasteiger partial charge in [-0.25, -0.2) is 4.79 Å². The highest BCUT2D eigenvalue weighted by Gasteiger charge is 2.28. The Morgan fingerprint density at radius 1 is 1.03 bits per heavy atom. The summed E-state index contributed by atoms with van der Waals surface area (Å²) in [7, 11) is 0. The second-order valence-electron chi connectivity index (χ2n) is 9.86. The van der Waals surface area contributed by atoms with E-state index >= 15 is 0 Å². The number of ether oxygens (including phenoxy) is 1. The number of alkyl carbamates (subject to hydrolysis) is 1. The van der Waals surface area contributed by atoms with Crippen molar-refractivity contribution in [3.8, 4) is 5.75 Å². The highest BCUT2D eigenvalue weighted by molar-refractivity contribution is 5.97. The smallest absolute Gasteiger partial charge is 0.408 e. The molecule has 1 atom stereocenters. The predicted octanol–water partition coefficient (Wildman–Crippen LogP) is 4.44. The van der Waals surface area contributed by atoms with E-state index in [9.17, 15) is 19.5 Å². The van der Waals surface area contributed by atoms with Gasteiger partial charge in [-0.05, 0) is 62.9 Å². The molecule has 0 aliphatic heterocycles. The summed E-state index contributed by atoms with van der Waals surface area (Å²) in [6.45, 7) is 4.93. The van der Waals surface area contributed by atoms with Crippen molar-refractivity contribution in [1.82, 2.24) is 10.6 Å². The van der Waals surface area contributed by atoms with Crippen molar-refractivity contribution in [3.05, 3.63) is 59.7 Å². The van der Waals surface area contributed by atoms with Crippen LogP contribution in [0.25, 0.3) is 0 Å². The van der Waals surface area contributed by atoms with Gasteiger partial charge >= 0.3 is 6.09 Å². The SMILES string of the molecule is CC(C)(C)OC(=O)NCC(=O)Nc1ccccc1C(C(=O)NC1CCCCC1)c1cccc(O)c1. The van der Waals surface area contributed by atoms with Crippen LogP contribution in [-0.4, -0.2) is 41.2 Å². The van der Waals surface area contributed by atoms with E-state index in [1.54, 1.807) is 69.3 Å². The summed E-state index contributed by atoms with van der Waals surface area (Å²) < 4.78 is 5.17. The standard InChI is InChI=1S/C27H35N3O5/c1-27(2,3)35-26(34)28-17-23(32)30-22-15-8-7-14-21(22)24(18-10-9-13-20(31)16-18)25(33)29-19-11-5-4-6-12-19/h7-10,13-16,19,24,31H,4-6,11-12,17H2,1-3H3,(H,28,34)(H,29,33)(H,30,32). The fourth-order valence-electron chi connectivity index (χ4n) is 4.23. The van der Waals surface area contributed by atoms with Crippen LogP contribution in [0.2, 0.25) is 0 Å². The van der Waals surface area contributed by atoms with Gasteiger partial charge in [0.15, 0.2) is 0 Å². The van der Waals surface area contributed by atoms with Crippen LogP contribution in [0.4, 0.5) is 10.5 Å². The number of carbonyl (C=O) groups excluding carboxylic acids is 3. The van der Waals surface area contributed by atoms with E-state index in [0.29, 0.717) is 16.8 Å². The van der Waals surface area contributed by atoms with E-state index < -0.39 is 23.5 Å². The summed E-state index contributed by atoms with van der Waals surface area (Å²) >= 11 is 0. The quantitative estimate of drug-likeness (QED) is 0.467. The molecular weight excluding hydrogens is 446 g/mol. The predicted molar refractivity (Wildman–Crippen MR) is 134 cm³/mol. The molecule has 0 aromatic heterocycles. The number of aromatic hydroxyl groups is 1. The number of rotatable bonds is 7. The maximum Gasteiger partial charge on any atom is 0.408 e. The van der Waals surface area contributed by atoms with Gasteiger partial charge in [-0.2, -0.15) is 0 Å². The van der Waals surface area contributed by atoms with Crippen LogP contribution >= 0.6 is 0 Å². The largest absolute Gasteiger partial charge is 0.508 e. The molecule has 1 unspecified atom stereocenters. The summed E-state index contributed by atoms with van der Waals surface area (Å²) in [6.07, 6.45) is 4.53. The third-order valence-corrected chi connectivity index (χ3v) is 5.76. The van der Waals surface area contributed by atoms with Gasteiger partial charge in [-0.15, -0.1) is 0 Å². The molecule has 8 heteroatoms. The summed E-state index contributed by atoms with van der Waals surface area (Å²) in [6, 6.07) is 13.8. The van der Waals surface area contributed by atoms with Gasteiger partial charge < -0.3 is 25.8 Å². The topological polar surface area (TPSA) is 117 Å². The summed E-state index contributed by atoms with van der Waals surface area (Å²) in [5, 5.41) is 18.5. The van der Waals surface area contributed by atoms with Gasteiger partial charge in [0.05, 0.1) is 5.92 Å². The zero-order valence-electron chi connectivity index (χ0n) is 20.6. The summed E-state index contributed by atoms with van der Waals surface area (Å²) in [5.41, 5.74) is 0.993. The van der Waals surface area contributed by atoms with E-state index in [1.165, 1.54) is 6.42 Å². The fraction of sp³-hybridized carbons (Fsp3) is 0.444. The number of amides is 3. The molecule has 188 valence electrons. The van der Waals surface area contributed by atoms with E-state index in [4.69, 9.17) is 4.74 Å². The Morgan fingerprint density at radius 2 is 1.74 bits per heavy atom. The third-order valence-electron chi connectivity index (χ3n) is 5.76. The number of hydrogen-bond acceptors (Lipinski definition) is 5. The molecule has 1 fully saturated rings. The van der Waals surface area contributed by atoms with E-state index in [2.05, 4.69) is 16.0 Å². The normalized spacial score (nSPS) is 15.1. The Labute approximate surface area is 206 Å². The number of para-hydroxylation sites is 1. The molecule has 0 spiro atoms. The molecule has 0 heterocycles. The Bertz CT molecular complexity index is 1040. The first kappa shape index (κ1) is 26.1. The second kappa shape index (κ2) is 11.7. The highest BCUT2D eigenvalue weighted by Crippen LogP contribution is 2.33. The summed E-state index contributed by atoms with van der Waals surface area (Å²) in [5.74, 6) is -1.32. The lowest BCUT2D eigenvalue weighted by Gasteiger charge is -2.27. The van der Waals surface area contributed by atoms with Gasteiger partial charge in [0.25, 0.3) is 0 Å². The number of hydrogen-bond donors (Lipinski definition) is 4. The molecular formula is C27H35N3O5. The summed E-state index contributed by atoms with van der Waals surface area (Å²) in [4.78, 5) is 38.0. The van der Waals surface area contributed by atoms with Gasteiger partial charge in [0, 0.05) is 11.7 Å². The molecule has 35 heavy (non-hydrogen) atoms. The van der Waals surface area contributed by atoms with E-state index in [1.807, 2.05) is 0 Å². The van der Waals surface area contributed by atoms with Crippen molar-refractivity contribution in [3.63, 3.8) is 0 Å². The van der Waals surface area contributed by atoms with Crippen LogP contribution in [0.1, 0.15) is 69.9 Å². The van der Waals surface area contributed by atoms with Gasteiger partial charge in [0.2, 0.25) is 11.8 Å². The highest BCUT2D eigenvalue weighted by atomic mass is 16.6. The van der Waals surface area contributed by atoms with Crippen LogP contribution in [0.5, 0.6) is 5.75 Å². The van der Waals surface area contributed by atoms with E-state index in [0.717, 1.165) is 25.7 Å². The van der Waals surface area contributed by atoms with Crippen LogP contribution in [0.3, 0.4) is 0 Å². The molecule has 1 aliphatic carbocycles. The molecule has 2 aromatic rings. The first-order valence-corrected chi connectivity index (χ1v) is 12.1. The van der Waals surface area contributed by atoms with Crippen molar-refractivity contribution in [1.29, 1.82) is 0 Å². The van der Waals surface area contributed by atoms with Crippen molar-refractivity contribution >= 4 is 23.6 Å². The Kier molecular flexibility index (Phi) is 8.73. The molecule has 3 rings (SSSR count). The van der Waals surface area contributed by atoms with Crippen molar-refractivity contribution in [2.75, 3.05) is 11.9 Å². The average molecular weight is 482 g/mol. The molecule has 2 aromatic carbocycles. The maximum absolute atomic E-state index is 13.5. The van der Waals surface area contributed by atoms with Crippen molar-refractivity contribution in [2.24, 2.45) is 0 Å². The lowest BCUT2D eigenvalue weighted by atomic mass is 9.87. The minimum Gasteiger partial charge on any atom is -0.508 e. The molecule has 8 nitrogen and oxygen atoms in total. The molecule has 1 aliphatic rings. The Hall–Kier alpha value is -3.55. The molecule has 1 saturated carbocycles. The van der Waals surface area contributed by atoms with Crippen LogP contribution in [0.15, 0.2) is 48.5 Å². The monoisotopic (exact) mass is 481 g/mol. The zero-order valence-corrected chi connectivity index (χ0v) is 20.6. The first-order chi connectivity index (χ1) is 16.6. The number of nitrogens with one attached hydrogen (secondary N) is 3. The van der Waals surface area contributed by atoms with Crippen molar-refractivity contribution < 1.29 is 24.2 Å². The second-order valence-corrected chi connectivity index (χ2v) is 9.86. The van der Waals surface area contributed by atoms with Gasteiger partial charge in [-0.1, -0.05) is 49.6 Å². The minimum absolute atomic E-state index is 0.0565. The third kappa shape index (κ3) is 8.02. The average Bonchev–Trinajstić information content (AvgIpc) is 2.79. The minimum atomic E-state index is -0.737. The molecule has 4 N–H and O–H groups in total. The van der Waals surface area contributed by atoms with E-state index in [-0.39, 0.29) is 24.2 Å². The number of carbonyl (C=O) groups is 3. The lowest BCUT2D eigenvalue weighted by molar-refractivity contribution is -0.122. The molecule has 0 saturated heterocycles. The fourth-order valence-corrected chi connectivity index (χ4v) is 4.23. The molecule has 0 bridgehead atoms. The number of benzene rings is 2. The maximum atomic E-state index is 13.5. The van der Waals surface area contributed by atoms with Crippen molar-refractivity contribution in [2.45, 2.75) is 70.4 Å². The number of phenols is 1.